The Hall–Kier alpha value is -1.42. The van der Waals surface area contributed by atoms with Gasteiger partial charge in [-0.15, -0.1) is 0 Å². The molecule has 2 rings (SSSR count). The second-order valence-corrected chi connectivity index (χ2v) is 7.19. The van der Waals surface area contributed by atoms with Gasteiger partial charge in [0.2, 0.25) is 0 Å². The lowest BCUT2D eigenvalue weighted by Crippen LogP contribution is -2.34. The zero-order chi connectivity index (χ0) is 15.6. The van der Waals surface area contributed by atoms with Crippen LogP contribution in [0.3, 0.4) is 0 Å². The number of oxime groups is 1. The SMILES string of the molecule is CC1CC(Oc2ccc(C(N)=NO)cc2Cl)CC(C)(C)C1. The van der Waals surface area contributed by atoms with Crippen LogP contribution in [0.5, 0.6) is 5.75 Å². The van der Waals surface area contributed by atoms with E-state index in [0.717, 1.165) is 12.8 Å². The minimum Gasteiger partial charge on any atom is -0.489 e. The zero-order valence-electron chi connectivity index (χ0n) is 12.8. The van der Waals surface area contributed by atoms with Gasteiger partial charge in [-0.1, -0.05) is 37.5 Å². The van der Waals surface area contributed by atoms with Crippen LogP contribution in [0.15, 0.2) is 23.4 Å². The van der Waals surface area contributed by atoms with Gasteiger partial charge in [-0.25, -0.2) is 0 Å². The highest BCUT2D eigenvalue weighted by Crippen LogP contribution is 2.40. The number of nitrogens with zero attached hydrogens (tertiary/aromatic N) is 1. The number of hydrogen-bond donors (Lipinski definition) is 2. The third kappa shape index (κ3) is 4.03. The molecule has 1 aliphatic carbocycles. The van der Waals surface area contributed by atoms with Crippen molar-refractivity contribution >= 4 is 17.4 Å². The van der Waals surface area contributed by atoms with Crippen LogP contribution in [-0.2, 0) is 0 Å². The number of hydrogen-bond acceptors (Lipinski definition) is 3. The van der Waals surface area contributed by atoms with Gasteiger partial charge in [0.15, 0.2) is 5.84 Å². The fourth-order valence-electron chi connectivity index (χ4n) is 3.34. The van der Waals surface area contributed by atoms with Crippen molar-refractivity contribution in [3.05, 3.63) is 28.8 Å². The van der Waals surface area contributed by atoms with E-state index in [0.29, 0.717) is 27.7 Å². The lowest BCUT2D eigenvalue weighted by atomic mass is 9.71. The van der Waals surface area contributed by atoms with Crippen molar-refractivity contribution in [2.24, 2.45) is 22.2 Å². The Labute approximate surface area is 130 Å². The van der Waals surface area contributed by atoms with Gasteiger partial charge >= 0.3 is 0 Å². The smallest absolute Gasteiger partial charge is 0.170 e. The molecule has 0 spiro atoms. The summed E-state index contributed by atoms with van der Waals surface area (Å²) in [5.74, 6) is 1.34. The number of benzene rings is 1. The molecule has 1 fully saturated rings. The van der Waals surface area contributed by atoms with E-state index in [-0.39, 0.29) is 11.9 Å². The lowest BCUT2D eigenvalue weighted by Gasteiger charge is -2.39. The van der Waals surface area contributed by atoms with Crippen LogP contribution in [0.25, 0.3) is 0 Å². The van der Waals surface area contributed by atoms with Crippen LogP contribution in [0.4, 0.5) is 0 Å². The minimum absolute atomic E-state index is 0.0378. The molecule has 1 aliphatic rings. The van der Waals surface area contributed by atoms with E-state index in [2.05, 4.69) is 25.9 Å². The molecule has 21 heavy (non-hydrogen) atoms. The van der Waals surface area contributed by atoms with Gasteiger partial charge < -0.3 is 15.7 Å². The van der Waals surface area contributed by atoms with Gasteiger partial charge in [-0.05, 0) is 48.8 Å². The third-order valence-corrected chi connectivity index (χ3v) is 4.27. The molecule has 5 heteroatoms. The Morgan fingerprint density at radius 2 is 2.14 bits per heavy atom. The average Bonchev–Trinajstić information content (AvgIpc) is 2.37. The third-order valence-electron chi connectivity index (χ3n) is 3.98. The van der Waals surface area contributed by atoms with Crippen molar-refractivity contribution < 1.29 is 9.94 Å². The molecule has 2 unspecified atom stereocenters. The van der Waals surface area contributed by atoms with Crippen LogP contribution in [0.2, 0.25) is 5.02 Å². The molecule has 0 bridgehead atoms. The summed E-state index contributed by atoms with van der Waals surface area (Å²) in [6, 6.07) is 5.18. The summed E-state index contributed by atoms with van der Waals surface area (Å²) in [6.07, 6.45) is 3.47. The van der Waals surface area contributed by atoms with Gasteiger partial charge in [0, 0.05) is 5.56 Å². The predicted molar refractivity (Wildman–Crippen MR) is 85.2 cm³/mol. The maximum Gasteiger partial charge on any atom is 0.170 e. The molecule has 116 valence electrons. The molecular formula is C16H23ClN2O2. The Morgan fingerprint density at radius 1 is 1.43 bits per heavy atom. The van der Waals surface area contributed by atoms with E-state index in [1.54, 1.807) is 18.2 Å². The Balaban J connectivity index is 2.13. The molecule has 2 atom stereocenters. The Morgan fingerprint density at radius 3 is 2.71 bits per heavy atom. The van der Waals surface area contributed by atoms with E-state index in [9.17, 15) is 0 Å². The first-order valence-corrected chi connectivity index (χ1v) is 7.62. The van der Waals surface area contributed by atoms with Gasteiger partial charge in [0.05, 0.1) is 11.1 Å². The standard InChI is InChI=1S/C16H23ClN2O2/c1-10-6-12(9-16(2,3)8-10)21-14-5-4-11(7-13(14)17)15(18)19-20/h4-5,7,10,12,20H,6,8-9H2,1-3H3,(H2,18,19). The summed E-state index contributed by atoms with van der Waals surface area (Å²) < 4.78 is 6.09. The molecule has 4 nitrogen and oxygen atoms in total. The molecule has 0 saturated heterocycles. The monoisotopic (exact) mass is 310 g/mol. The highest BCUT2D eigenvalue weighted by molar-refractivity contribution is 6.32. The maximum atomic E-state index is 8.68. The highest BCUT2D eigenvalue weighted by Gasteiger charge is 2.33. The van der Waals surface area contributed by atoms with Crippen LogP contribution in [0.1, 0.15) is 45.6 Å². The van der Waals surface area contributed by atoms with Crippen LogP contribution in [-0.4, -0.2) is 17.1 Å². The molecule has 0 radical (unpaired) electrons. The first-order chi connectivity index (χ1) is 9.80. The molecular weight excluding hydrogens is 288 g/mol. The van der Waals surface area contributed by atoms with Crippen LogP contribution in [0, 0.1) is 11.3 Å². The van der Waals surface area contributed by atoms with E-state index in [1.165, 1.54) is 6.42 Å². The minimum atomic E-state index is 0.0378. The largest absolute Gasteiger partial charge is 0.489 e. The van der Waals surface area contributed by atoms with Crippen molar-refractivity contribution in [2.75, 3.05) is 0 Å². The van der Waals surface area contributed by atoms with Crippen LogP contribution >= 0.6 is 11.6 Å². The van der Waals surface area contributed by atoms with Crippen molar-refractivity contribution in [3.8, 4) is 5.75 Å². The number of amidine groups is 1. The van der Waals surface area contributed by atoms with E-state index in [4.69, 9.17) is 27.3 Å². The number of halogens is 1. The van der Waals surface area contributed by atoms with E-state index in [1.807, 2.05) is 0 Å². The number of nitrogens with two attached hydrogens (primary N) is 1. The fraction of sp³-hybridized carbons (Fsp3) is 0.562. The predicted octanol–water partition coefficient (Wildman–Crippen LogP) is 4.03. The summed E-state index contributed by atoms with van der Waals surface area (Å²) in [6.45, 7) is 6.82. The topological polar surface area (TPSA) is 67.8 Å². The first kappa shape index (κ1) is 16.0. The summed E-state index contributed by atoms with van der Waals surface area (Å²) in [7, 11) is 0. The summed E-state index contributed by atoms with van der Waals surface area (Å²) >= 11 is 6.24. The summed E-state index contributed by atoms with van der Waals surface area (Å²) in [5, 5.41) is 12.1. The van der Waals surface area contributed by atoms with Crippen molar-refractivity contribution in [3.63, 3.8) is 0 Å². The molecule has 1 saturated carbocycles. The molecule has 0 amide bonds. The van der Waals surface area contributed by atoms with Crippen molar-refractivity contribution in [1.82, 2.24) is 0 Å². The van der Waals surface area contributed by atoms with Crippen LogP contribution < -0.4 is 10.5 Å². The molecule has 0 aliphatic heterocycles. The fourth-order valence-corrected chi connectivity index (χ4v) is 3.57. The van der Waals surface area contributed by atoms with Gasteiger partial charge in [-0.2, -0.15) is 0 Å². The Bertz CT molecular complexity index is 543. The quantitative estimate of drug-likeness (QED) is 0.383. The molecule has 0 heterocycles. The molecule has 1 aromatic carbocycles. The van der Waals surface area contributed by atoms with E-state index < -0.39 is 0 Å². The van der Waals surface area contributed by atoms with Crippen molar-refractivity contribution in [1.29, 1.82) is 0 Å². The van der Waals surface area contributed by atoms with Gasteiger partial charge in [0.25, 0.3) is 0 Å². The second-order valence-electron chi connectivity index (χ2n) is 6.78. The van der Waals surface area contributed by atoms with Gasteiger partial charge in [-0.3, -0.25) is 0 Å². The lowest BCUT2D eigenvalue weighted by molar-refractivity contribution is 0.0563. The normalized spacial score (nSPS) is 25.6. The Kier molecular flexibility index (Phi) is 4.67. The maximum absolute atomic E-state index is 8.68. The average molecular weight is 311 g/mol. The molecule has 1 aromatic rings. The summed E-state index contributed by atoms with van der Waals surface area (Å²) in [5.41, 5.74) is 6.42. The van der Waals surface area contributed by atoms with Crippen molar-refractivity contribution in [2.45, 2.75) is 46.1 Å². The van der Waals surface area contributed by atoms with E-state index >= 15 is 0 Å². The van der Waals surface area contributed by atoms with Gasteiger partial charge in [0.1, 0.15) is 5.75 Å². The number of ether oxygens (including phenoxy) is 1. The highest BCUT2D eigenvalue weighted by atomic mass is 35.5. The second kappa shape index (κ2) is 6.14. The molecule has 3 N–H and O–H groups in total. The number of rotatable bonds is 3. The first-order valence-electron chi connectivity index (χ1n) is 7.25. The zero-order valence-corrected chi connectivity index (χ0v) is 13.5. The molecule has 0 aromatic heterocycles. The summed E-state index contributed by atoms with van der Waals surface area (Å²) in [4.78, 5) is 0.